The summed E-state index contributed by atoms with van der Waals surface area (Å²) in [7, 11) is 7.45. The van der Waals surface area contributed by atoms with Crippen molar-refractivity contribution in [2.24, 2.45) is 0 Å². The molecule has 3 heteroatoms. The van der Waals surface area contributed by atoms with Gasteiger partial charge in [0.05, 0.1) is 14.2 Å². The fraction of sp³-hybridized carbons (Fsp3) is 0.500. The molecule has 1 aromatic rings. The molecule has 0 aromatic heterocycles. The molecule has 0 aliphatic carbocycles. The van der Waals surface area contributed by atoms with E-state index in [2.05, 4.69) is 4.90 Å². The molecular formula is C12H19NO2. The third-order valence-corrected chi connectivity index (χ3v) is 2.28. The van der Waals surface area contributed by atoms with Gasteiger partial charge < -0.3 is 14.4 Å². The first-order valence-corrected chi connectivity index (χ1v) is 4.94. The lowest BCUT2D eigenvalue weighted by Crippen LogP contribution is -2.11. The second-order valence-corrected chi connectivity index (χ2v) is 3.87. The van der Waals surface area contributed by atoms with E-state index in [1.165, 1.54) is 0 Å². The Balaban J connectivity index is 3.10. The standard InChI is InChI=1S/C12H19NO2/c1-9-6-12(15-5)10(8-13(2)3)7-11(9)14-4/h6-7H,8H2,1-5H3. The predicted octanol–water partition coefficient (Wildman–Crippen LogP) is 2.07. The first kappa shape index (κ1) is 11.9. The van der Waals surface area contributed by atoms with Crippen molar-refractivity contribution in [3.05, 3.63) is 23.3 Å². The van der Waals surface area contributed by atoms with Crippen LogP contribution in [0.2, 0.25) is 0 Å². The van der Waals surface area contributed by atoms with Crippen LogP contribution in [0.4, 0.5) is 0 Å². The number of hydrogen-bond acceptors (Lipinski definition) is 3. The largest absolute Gasteiger partial charge is 0.496 e. The van der Waals surface area contributed by atoms with Gasteiger partial charge >= 0.3 is 0 Å². The molecule has 1 rings (SSSR count). The van der Waals surface area contributed by atoms with Gasteiger partial charge in [0.25, 0.3) is 0 Å². The van der Waals surface area contributed by atoms with Gasteiger partial charge in [-0.25, -0.2) is 0 Å². The molecule has 3 nitrogen and oxygen atoms in total. The summed E-state index contributed by atoms with van der Waals surface area (Å²) < 4.78 is 10.6. The lowest BCUT2D eigenvalue weighted by atomic mass is 10.1. The highest BCUT2D eigenvalue weighted by atomic mass is 16.5. The average Bonchev–Trinajstić information content (AvgIpc) is 2.19. The number of nitrogens with zero attached hydrogens (tertiary/aromatic N) is 1. The van der Waals surface area contributed by atoms with Crippen molar-refractivity contribution >= 4 is 0 Å². The molecule has 0 aliphatic heterocycles. The lowest BCUT2D eigenvalue weighted by molar-refractivity contribution is 0.366. The molecule has 0 saturated heterocycles. The predicted molar refractivity (Wildman–Crippen MR) is 61.7 cm³/mol. The summed E-state index contributed by atoms with van der Waals surface area (Å²) in [6, 6.07) is 4.05. The minimum Gasteiger partial charge on any atom is -0.496 e. The van der Waals surface area contributed by atoms with E-state index in [-0.39, 0.29) is 0 Å². The van der Waals surface area contributed by atoms with Crippen molar-refractivity contribution < 1.29 is 9.47 Å². The summed E-state index contributed by atoms with van der Waals surface area (Å²) in [5.74, 6) is 1.83. The maximum Gasteiger partial charge on any atom is 0.123 e. The van der Waals surface area contributed by atoms with E-state index < -0.39 is 0 Å². The molecule has 0 N–H and O–H groups in total. The van der Waals surface area contributed by atoms with Crippen molar-refractivity contribution in [1.29, 1.82) is 0 Å². The smallest absolute Gasteiger partial charge is 0.123 e. The molecule has 15 heavy (non-hydrogen) atoms. The minimum atomic E-state index is 0.847. The van der Waals surface area contributed by atoms with Crippen LogP contribution < -0.4 is 9.47 Å². The van der Waals surface area contributed by atoms with E-state index in [1.807, 2.05) is 33.2 Å². The molecule has 0 spiro atoms. The van der Waals surface area contributed by atoms with Crippen molar-refractivity contribution in [1.82, 2.24) is 4.90 Å². The van der Waals surface area contributed by atoms with Gasteiger partial charge in [0.2, 0.25) is 0 Å². The number of aryl methyl sites for hydroxylation is 1. The van der Waals surface area contributed by atoms with Gasteiger partial charge in [-0.3, -0.25) is 0 Å². The number of benzene rings is 1. The van der Waals surface area contributed by atoms with E-state index in [0.29, 0.717) is 0 Å². The monoisotopic (exact) mass is 209 g/mol. The zero-order valence-corrected chi connectivity index (χ0v) is 10.1. The molecular weight excluding hydrogens is 190 g/mol. The number of ether oxygens (including phenoxy) is 2. The van der Waals surface area contributed by atoms with Gasteiger partial charge in [0.15, 0.2) is 0 Å². The average molecular weight is 209 g/mol. The summed E-state index contributed by atoms with van der Waals surface area (Å²) in [4.78, 5) is 2.10. The maximum atomic E-state index is 5.34. The summed E-state index contributed by atoms with van der Waals surface area (Å²) >= 11 is 0. The molecule has 0 saturated carbocycles. The number of hydrogen-bond donors (Lipinski definition) is 0. The first-order chi connectivity index (χ1) is 7.08. The van der Waals surface area contributed by atoms with E-state index in [1.54, 1.807) is 14.2 Å². The summed E-state index contributed by atoms with van der Waals surface area (Å²) in [6.45, 7) is 2.86. The Hall–Kier alpha value is -1.22. The van der Waals surface area contributed by atoms with Crippen molar-refractivity contribution in [3.8, 4) is 11.5 Å². The van der Waals surface area contributed by atoms with Crippen molar-refractivity contribution in [2.75, 3.05) is 28.3 Å². The van der Waals surface area contributed by atoms with Gasteiger partial charge in [0.1, 0.15) is 11.5 Å². The number of methoxy groups -OCH3 is 2. The van der Waals surface area contributed by atoms with Crippen molar-refractivity contribution in [3.63, 3.8) is 0 Å². The third-order valence-electron chi connectivity index (χ3n) is 2.28. The molecule has 0 radical (unpaired) electrons. The Morgan fingerprint density at radius 3 is 2.13 bits per heavy atom. The summed E-state index contributed by atoms with van der Waals surface area (Å²) in [5.41, 5.74) is 2.24. The molecule has 0 heterocycles. The molecule has 0 unspecified atom stereocenters. The van der Waals surface area contributed by atoms with Gasteiger partial charge in [-0.2, -0.15) is 0 Å². The third kappa shape index (κ3) is 2.86. The van der Waals surface area contributed by atoms with Crippen LogP contribution in [0, 0.1) is 6.92 Å². The zero-order chi connectivity index (χ0) is 11.4. The Morgan fingerprint density at radius 2 is 1.67 bits per heavy atom. The molecule has 0 fully saturated rings. The van der Waals surface area contributed by atoms with E-state index >= 15 is 0 Å². The normalized spacial score (nSPS) is 10.5. The van der Waals surface area contributed by atoms with Crippen LogP contribution in [-0.2, 0) is 6.54 Å². The lowest BCUT2D eigenvalue weighted by Gasteiger charge is -2.16. The summed E-state index contributed by atoms with van der Waals surface area (Å²) in [6.07, 6.45) is 0. The Morgan fingerprint density at radius 1 is 1.07 bits per heavy atom. The fourth-order valence-electron chi connectivity index (χ4n) is 1.58. The molecule has 1 aromatic carbocycles. The molecule has 0 amide bonds. The van der Waals surface area contributed by atoms with Gasteiger partial charge in [-0.05, 0) is 38.7 Å². The van der Waals surface area contributed by atoms with E-state index in [4.69, 9.17) is 9.47 Å². The van der Waals surface area contributed by atoms with Crippen LogP contribution in [0.15, 0.2) is 12.1 Å². The Labute approximate surface area is 91.6 Å². The van der Waals surface area contributed by atoms with Crippen LogP contribution in [0.1, 0.15) is 11.1 Å². The molecule has 0 bridgehead atoms. The SMILES string of the molecule is COc1cc(CN(C)C)c(OC)cc1C. The topological polar surface area (TPSA) is 21.7 Å². The highest BCUT2D eigenvalue weighted by molar-refractivity contribution is 5.45. The maximum absolute atomic E-state index is 5.34. The van der Waals surface area contributed by atoms with Gasteiger partial charge in [0, 0.05) is 12.1 Å². The van der Waals surface area contributed by atoms with Crippen LogP contribution in [0.5, 0.6) is 11.5 Å². The Kier molecular flexibility index (Phi) is 3.97. The van der Waals surface area contributed by atoms with Crippen LogP contribution in [0.3, 0.4) is 0 Å². The highest BCUT2D eigenvalue weighted by Gasteiger charge is 2.08. The minimum absolute atomic E-state index is 0.847. The second-order valence-electron chi connectivity index (χ2n) is 3.87. The van der Waals surface area contributed by atoms with Crippen LogP contribution in [-0.4, -0.2) is 33.2 Å². The quantitative estimate of drug-likeness (QED) is 0.757. The highest BCUT2D eigenvalue weighted by Crippen LogP contribution is 2.28. The van der Waals surface area contributed by atoms with Crippen LogP contribution >= 0.6 is 0 Å². The Bertz CT molecular complexity index is 335. The first-order valence-electron chi connectivity index (χ1n) is 4.94. The van der Waals surface area contributed by atoms with Crippen molar-refractivity contribution in [2.45, 2.75) is 13.5 Å². The zero-order valence-electron chi connectivity index (χ0n) is 10.1. The molecule has 84 valence electrons. The van der Waals surface area contributed by atoms with Crippen LogP contribution in [0.25, 0.3) is 0 Å². The summed E-state index contributed by atoms with van der Waals surface area (Å²) in [5, 5.41) is 0. The van der Waals surface area contributed by atoms with E-state index in [0.717, 1.165) is 29.2 Å². The number of rotatable bonds is 4. The van der Waals surface area contributed by atoms with Gasteiger partial charge in [-0.1, -0.05) is 0 Å². The van der Waals surface area contributed by atoms with E-state index in [9.17, 15) is 0 Å². The molecule has 0 aliphatic rings. The second kappa shape index (κ2) is 5.03. The van der Waals surface area contributed by atoms with Gasteiger partial charge in [-0.15, -0.1) is 0 Å². The fourth-order valence-corrected chi connectivity index (χ4v) is 1.58. The molecule has 0 atom stereocenters.